The standard InChI is InChI=1S/C18H14F4N2O6/c1-18(2,3)30-17(29)24-7(25)5-4-6(14(24)26)23-15(27)8-9(16(23)28)11(20)13(22)12(21)10(8)19/h6H,4-5H2,1-3H3. The van der Waals surface area contributed by atoms with E-state index in [1.165, 1.54) is 20.8 Å². The number of rotatable bonds is 1. The predicted octanol–water partition coefficient (Wildman–Crippen LogP) is 2.29. The van der Waals surface area contributed by atoms with Crippen LogP contribution in [0, 0.1) is 23.3 Å². The summed E-state index contributed by atoms with van der Waals surface area (Å²) in [5.74, 6) is -14.3. The van der Waals surface area contributed by atoms with Crippen molar-refractivity contribution in [2.24, 2.45) is 0 Å². The molecule has 2 aliphatic heterocycles. The largest absolute Gasteiger partial charge is 0.443 e. The summed E-state index contributed by atoms with van der Waals surface area (Å²) in [6.45, 7) is 4.38. The first-order chi connectivity index (χ1) is 13.8. The number of hydrogen-bond donors (Lipinski definition) is 0. The summed E-state index contributed by atoms with van der Waals surface area (Å²) >= 11 is 0. The fourth-order valence-electron chi connectivity index (χ4n) is 3.16. The molecule has 0 aliphatic carbocycles. The average Bonchev–Trinajstić information content (AvgIpc) is 2.88. The molecule has 0 spiro atoms. The van der Waals surface area contributed by atoms with E-state index >= 15 is 0 Å². The molecular formula is C18H14F4N2O6. The van der Waals surface area contributed by atoms with E-state index in [1.54, 1.807) is 0 Å². The average molecular weight is 430 g/mol. The number of carbonyl (C=O) groups excluding carboxylic acids is 5. The zero-order valence-electron chi connectivity index (χ0n) is 15.8. The first kappa shape index (κ1) is 21.4. The maximum Gasteiger partial charge on any atom is 0.424 e. The van der Waals surface area contributed by atoms with Crippen LogP contribution in [0.5, 0.6) is 0 Å². The molecule has 2 heterocycles. The Morgan fingerprint density at radius 2 is 1.37 bits per heavy atom. The van der Waals surface area contributed by atoms with E-state index in [0.717, 1.165) is 0 Å². The number of benzene rings is 1. The Hall–Kier alpha value is -3.31. The first-order valence-corrected chi connectivity index (χ1v) is 8.61. The normalized spacial score (nSPS) is 19.5. The Morgan fingerprint density at radius 1 is 0.900 bits per heavy atom. The molecule has 1 aromatic carbocycles. The third-order valence-corrected chi connectivity index (χ3v) is 4.41. The number of halogens is 4. The van der Waals surface area contributed by atoms with Gasteiger partial charge in [-0.15, -0.1) is 0 Å². The summed E-state index contributed by atoms with van der Waals surface area (Å²) in [6.07, 6.45) is -2.32. The number of imide groups is 4. The van der Waals surface area contributed by atoms with E-state index in [0.29, 0.717) is 0 Å². The molecule has 30 heavy (non-hydrogen) atoms. The van der Waals surface area contributed by atoms with E-state index in [-0.39, 0.29) is 9.80 Å². The molecular weight excluding hydrogens is 416 g/mol. The highest BCUT2D eigenvalue weighted by Crippen LogP contribution is 2.34. The van der Waals surface area contributed by atoms with Crippen LogP contribution in [0.3, 0.4) is 0 Å². The summed E-state index contributed by atoms with van der Waals surface area (Å²) in [5, 5.41) is 0. The molecule has 1 fully saturated rings. The Labute approximate surface area is 166 Å². The lowest BCUT2D eigenvalue weighted by atomic mass is 10.0. The molecule has 1 unspecified atom stereocenters. The summed E-state index contributed by atoms with van der Waals surface area (Å²) in [6, 6.07) is -1.81. The first-order valence-electron chi connectivity index (χ1n) is 8.61. The van der Waals surface area contributed by atoms with E-state index < -0.39 is 88.6 Å². The number of likely N-dealkylation sites (tertiary alicyclic amines) is 1. The van der Waals surface area contributed by atoms with Gasteiger partial charge in [0.05, 0.1) is 11.1 Å². The van der Waals surface area contributed by atoms with Crippen LogP contribution < -0.4 is 0 Å². The van der Waals surface area contributed by atoms with Crippen molar-refractivity contribution in [1.29, 1.82) is 0 Å². The fourth-order valence-corrected chi connectivity index (χ4v) is 3.16. The zero-order chi connectivity index (χ0) is 22.7. The van der Waals surface area contributed by atoms with Crippen LogP contribution >= 0.6 is 0 Å². The molecule has 0 saturated carbocycles. The minimum Gasteiger partial charge on any atom is -0.443 e. The van der Waals surface area contributed by atoms with Gasteiger partial charge in [-0.1, -0.05) is 0 Å². The van der Waals surface area contributed by atoms with Crippen molar-refractivity contribution >= 4 is 29.7 Å². The molecule has 0 radical (unpaired) electrons. The van der Waals surface area contributed by atoms with Crippen LogP contribution in [0.25, 0.3) is 0 Å². The summed E-state index contributed by atoms with van der Waals surface area (Å²) < 4.78 is 60.1. The molecule has 0 aromatic heterocycles. The number of nitrogens with zero attached hydrogens (tertiary/aromatic N) is 2. The number of ether oxygens (including phenoxy) is 1. The molecule has 5 amide bonds. The molecule has 2 aliphatic rings. The van der Waals surface area contributed by atoms with Crippen LogP contribution in [0.4, 0.5) is 22.4 Å². The van der Waals surface area contributed by atoms with Gasteiger partial charge in [0, 0.05) is 6.42 Å². The second-order valence-electron chi connectivity index (χ2n) is 7.59. The van der Waals surface area contributed by atoms with Crippen LogP contribution in [-0.2, 0) is 14.3 Å². The minimum absolute atomic E-state index is 0.0802. The van der Waals surface area contributed by atoms with Crippen molar-refractivity contribution in [2.45, 2.75) is 45.3 Å². The Morgan fingerprint density at radius 3 is 1.80 bits per heavy atom. The van der Waals surface area contributed by atoms with Gasteiger partial charge in [-0.25, -0.2) is 22.4 Å². The summed E-state index contributed by atoms with van der Waals surface area (Å²) in [5.41, 5.74) is -3.84. The van der Waals surface area contributed by atoms with E-state index in [9.17, 15) is 41.5 Å². The molecule has 3 rings (SSSR count). The monoisotopic (exact) mass is 430 g/mol. The molecule has 1 aromatic rings. The molecule has 0 bridgehead atoms. The van der Waals surface area contributed by atoms with Gasteiger partial charge < -0.3 is 4.74 Å². The van der Waals surface area contributed by atoms with Gasteiger partial charge in [0.1, 0.15) is 11.6 Å². The number of fused-ring (bicyclic) bond motifs is 1. The number of carbonyl (C=O) groups is 5. The highest BCUT2D eigenvalue weighted by atomic mass is 19.2. The Bertz CT molecular complexity index is 986. The maximum atomic E-state index is 14.1. The smallest absolute Gasteiger partial charge is 0.424 e. The predicted molar refractivity (Wildman–Crippen MR) is 87.9 cm³/mol. The van der Waals surface area contributed by atoms with Gasteiger partial charge in [0.2, 0.25) is 5.91 Å². The number of piperidine rings is 1. The van der Waals surface area contributed by atoms with Gasteiger partial charge in [0.25, 0.3) is 17.7 Å². The van der Waals surface area contributed by atoms with Gasteiger partial charge in [-0.3, -0.25) is 24.1 Å². The SMILES string of the molecule is CC(C)(C)OC(=O)N1C(=O)CCC(N2C(=O)c3c(F)c(F)c(F)c(F)c3C2=O)C1=O. The van der Waals surface area contributed by atoms with Crippen LogP contribution in [0.2, 0.25) is 0 Å². The topological polar surface area (TPSA) is 101 Å². The third kappa shape index (κ3) is 3.12. The van der Waals surface area contributed by atoms with Crippen LogP contribution in [0.15, 0.2) is 0 Å². The van der Waals surface area contributed by atoms with Gasteiger partial charge in [0.15, 0.2) is 23.3 Å². The fraction of sp³-hybridized carbons (Fsp3) is 0.389. The van der Waals surface area contributed by atoms with Crippen molar-refractivity contribution < 1.29 is 46.3 Å². The minimum atomic E-state index is -2.30. The maximum absolute atomic E-state index is 14.1. The second kappa shape index (κ2) is 6.89. The molecule has 160 valence electrons. The second-order valence-corrected chi connectivity index (χ2v) is 7.59. The lowest BCUT2D eigenvalue weighted by Crippen LogP contribution is -2.58. The van der Waals surface area contributed by atoms with Crippen LogP contribution in [0.1, 0.15) is 54.3 Å². The summed E-state index contributed by atoms with van der Waals surface area (Å²) in [4.78, 5) is 62.2. The number of hydrogen-bond acceptors (Lipinski definition) is 6. The van der Waals surface area contributed by atoms with Gasteiger partial charge in [-0.05, 0) is 27.2 Å². The van der Waals surface area contributed by atoms with Crippen molar-refractivity contribution in [3.8, 4) is 0 Å². The Balaban J connectivity index is 2.01. The highest BCUT2D eigenvalue weighted by Gasteiger charge is 2.52. The zero-order valence-corrected chi connectivity index (χ0v) is 15.8. The lowest BCUT2D eigenvalue weighted by Gasteiger charge is -2.34. The highest BCUT2D eigenvalue weighted by molar-refractivity contribution is 6.24. The Kier molecular flexibility index (Phi) is 4.91. The molecule has 8 nitrogen and oxygen atoms in total. The quantitative estimate of drug-likeness (QED) is 0.293. The lowest BCUT2D eigenvalue weighted by molar-refractivity contribution is -0.149. The van der Waals surface area contributed by atoms with Crippen molar-refractivity contribution in [3.05, 3.63) is 34.4 Å². The molecule has 1 atom stereocenters. The number of amides is 5. The van der Waals surface area contributed by atoms with Crippen molar-refractivity contribution in [2.75, 3.05) is 0 Å². The molecule has 12 heteroatoms. The summed E-state index contributed by atoms with van der Waals surface area (Å²) in [7, 11) is 0. The molecule has 1 saturated heterocycles. The van der Waals surface area contributed by atoms with Gasteiger partial charge >= 0.3 is 6.09 Å². The van der Waals surface area contributed by atoms with Crippen molar-refractivity contribution in [3.63, 3.8) is 0 Å². The molecule has 0 N–H and O–H groups in total. The van der Waals surface area contributed by atoms with Gasteiger partial charge in [-0.2, -0.15) is 4.90 Å². The van der Waals surface area contributed by atoms with E-state index in [1.807, 2.05) is 0 Å². The van der Waals surface area contributed by atoms with E-state index in [4.69, 9.17) is 4.74 Å². The van der Waals surface area contributed by atoms with Crippen molar-refractivity contribution in [1.82, 2.24) is 9.80 Å². The van der Waals surface area contributed by atoms with E-state index in [2.05, 4.69) is 0 Å². The van der Waals surface area contributed by atoms with Crippen LogP contribution in [-0.4, -0.2) is 51.2 Å². The third-order valence-electron chi connectivity index (χ3n) is 4.41.